The fourth-order valence-corrected chi connectivity index (χ4v) is 2.80. The third-order valence-electron chi connectivity index (χ3n) is 4.35. The van der Waals surface area contributed by atoms with E-state index in [1.807, 2.05) is 31.2 Å². The first kappa shape index (κ1) is 20.0. The summed E-state index contributed by atoms with van der Waals surface area (Å²) in [4.78, 5) is 36.7. The molecule has 11 heteroatoms. The Hall–Kier alpha value is -3.76. The maximum absolute atomic E-state index is 12.8. The third-order valence-corrected chi connectivity index (χ3v) is 4.35. The highest BCUT2D eigenvalue weighted by molar-refractivity contribution is 6.00. The van der Waals surface area contributed by atoms with Crippen LogP contribution in [-0.2, 0) is 22.6 Å². The fraction of sp³-hybridized carbons (Fsp3) is 0.333. The maximum Gasteiger partial charge on any atom is 0.361 e. The van der Waals surface area contributed by atoms with Crippen LogP contribution in [0, 0.1) is 13.8 Å². The molecule has 0 fully saturated rings. The Morgan fingerprint density at radius 1 is 1.00 bits per heavy atom. The number of ether oxygens (including phenoxy) is 2. The molecule has 2 aromatic heterocycles. The number of carbonyl (C=O) groups is 2. The first-order valence-electron chi connectivity index (χ1n) is 8.71. The minimum absolute atomic E-state index is 0.0920. The van der Waals surface area contributed by atoms with Gasteiger partial charge >= 0.3 is 17.6 Å². The SMILES string of the molecule is COC(=O)c1nnn(CCn2c(C)nn(-c3ccc(C)cc3)c2=O)c1C(=O)OC. The Kier molecular flexibility index (Phi) is 5.57. The summed E-state index contributed by atoms with van der Waals surface area (Å²) >= 11 is 0. The molecule has 0 aliphatic heterocycles. The van der Waals surface area contributed by atoms with Gasteiger partial charge in [-0.1, -0.05) is 22.9 Å². The predicted octanol–water partition coefficient (Wildman–Crippen LogP) is 0.516. The monoisotopic (exact) mass is 400 g/mol. The molecule has 11 nitrogen and oxygen atoms in total. The number of benzene rings is 1. The van der Waals surface area contributed by atoms with E-state index in [1.165, 1.54) is 28.2 Å². The molecule has 0 amide bonds. The number of rotatable bonds is 6. The van der Waals surface area contributed by atoms with Crippen LogP contribution >= 0.6 is 0 Å². The van der Waals surface area contributed by atoms with Crippen LogP contribution in [0.3, 0.4) is 0 Å². The van der Waals surface area contributed by atoms with Gasteiger partial charge in [0.25, 0.3) is 0 Å². The second kappa shape index (κ2) is 8.09. The van der Waals surface area contributed by atoms with Gasteiger partial charge in [-0.25, -0.2) is 19.1 Å². The molecule has 0 aliphatic rings. The zero-order valence-corrected chi connectivity index (χ0v) is 16.4. The lowest BCUT2D eigenvalue weighted by molar-refractivity contribution is 0.0543. The number of aryl methyl sites for hydroxylation is 3. The summed E-state index contributed by atoms with van der Waals surface area (Å²) in [6.07, 6.45) is 0. The molecule has 0 saturated heterocycles. The van der Waals surface area contributed by atoms with Crippen LogP contribution in [0.15, 0.2) is 29.1 Å². The predicted molar refractivity (Wildman–Crippen MR) is 100.0 cm³/mol. The quantitative estimate of drug-likeness (QED) is 0.549. The van der Waals surface area contributed by atoms with Crippen LogP contribution in [0.1, 0.15) is 32.4 Å². The number of nitrogens with zero attached hydrogens (tertiary/aromatic N) is 6. The summed E-state index contributed by atoms with van der Waals surface area (Å²) in [7, 11) is 2.35. The van der Waals surface area contributed by atoms with E-state index in [0.717, 1.165) is 5.56 Å². The molecule has 1 aromatic carbocycles. The van der Waals surface area contributed by atoms with Crippen molar-refractivity contribution in [3.8, 4) is 5.69 Å². The average molecular weight is 400 g/mol. The molecule has 0 N–H and O–H groups in total. The minimum Gasteiger partial charge on any atom is -0.464 e. The lowest BCUT2D eigenvalue weighted by Crippen LogP contribution is -2.27. The summed E-state index contributed by atoms with van der Waals surface area (Å²) in [5.74, 6) is -1.10. The van der Waals surface area contributed by atoms with Crippen LogP contribution in [0.25, 0.3) is 5.69 Å². The van der Waals surface area contributed by atoms with Gasteiger partial charge in [0.15, 0.2) is 5.69 Å². The van der Waals surface area contributed by atoms with Gasteiger partial charge in [-0.3, -0.25) is 4.57 Å². The zero-order valence-electron chi connectivity index (χ0n) is 16.4. The molecule has 152 valence electrons. The lowest BCUT2D eigenvalue weighted by Gasteiger charge is -2.07. The minimum atomic E-state index is -0.808. The van der Waals surface area contributed by atoms with Crippen LogP contribution in [0.5, 0.6) is 0 Å². The van der Waals surface area contributed by atoms with Gasteiger partial charge < -0.3 is 9.47 Å². The molecule has 29 heavy (non-hydrogen) atoms. The number of esters is 2. The Bertz CT molecular complexity index is 1110. The molecule has 3 rings (SSSR count). The van der Waals surface area contributed by atoms with E-state index in [2.05, 4.69) is 20.1 Å². The maximum atomic E-state index is 12.8. The van der Waals surface area contributed by atoms with Crippen molar-refractivity contribution in [3.63, 3.8) is 0 Å². The van der Waals surface area contributed by atoms with Crippen LogP contribution < -0.4 is 5.69 Å². The second-order valence-corrected chi connectivity index (χ2v) is 6.22. The van der Waals surface area contributed by atoms with Crippen molar-refractivity contribution >= 4 is 11.9 Å². The van der Waals surface area contributed by atoms with Crippen molar-refractivity contribution in [1.82, 2.24) is 29.3 Å². The van der Waals surface area contributed by atoms with Crippen molar-refractivity contribution in [1.29, 1.82) is 0 Å². The van der Waals surface area contributed by atoms with Crippen molar-refractivity contribution in [2.45, 2.75) is 26.9 Å². The summed E-state index contributed by atoms with van der Waals surface area (Å²) < 4.78 is 13.3. The Balaban J connectivity index is 1.90. The van der Waals surface area contributed by atoms with Crippen LogP contribution in [0.2, 0.25) is 0 Å². The number of carbonyl (C=O) groups excluding carboxylic acids is 2. The van der Waals surface area contributed by atoms with E-state index in [-0.39, 0.29) is 30.2 Å². The highest BCUT2D eigenvalue weighted by Gasteiger charge is 2.27. The van der Waals surface area contributed by atoms with Crippen molar-refractivity contribution in [2.24, 2.45) is 0 Å². The van der Waals surface area contributed by atoms with Gasteiger partial charge in [-0.05, 0) is 26.0 Å². The molecule has 0 spiro atoms. The highest BCUT2D eigenvalue weighted by atomic mass is 16.5. The molecule has 0 bridgehead atoms. The number of methoxy groups -OCH3 is 2. The Morgan fingerprint density at radius 2 is 1.66 bits per heavy atom. The van der Waals surface area contributed by atoms with Gasteiger partial charge in [0.2, 0.25) is 5.69 Å². The molecule has 2 heterocycles. The lowest BCUT2D eigenvalue weighted by atomic mass is 10.2. The van der Waals surface area contributed by atoms with E-state index in [9.17, 15) is 14.4 Å². The van der Waals surface area contributed by atoms with Crippen molar-refractivity contribution < 1.29 is 19.1 Å². The summed E-state index contributed by atoms with van der Waals surface area (Å²) in [6.45, 7) is 3.91. The summed E-state index contributed by atoms with van der Waals surface area (Å²) in [6, 6.07) is 7.40. The van der Waals surface area contributed by atoms with E-state index in [4.69, 9.17) is 4.74 Å². The smallest absolute Gasteiger partial charge is 0.361 e. The first-order chi connectivity index (χ1) is 13.9. The van der Waals surface area contributed by atoms with E-state index in [1.54, 1.807) is 6.92 Å². The van der Waals surface area contributed by atoms with E-state index < -0.39 is 11.9 Å². The van der Waals surface area contributed by atoms with Crippen LogP contribution in [0.4, 0.5) is 0 Å². The van der Waals surface area contributed by atoms with E-state index in [0.29, 0.717) is 11.5 Å². The largest absolute Gasteiger partial charge is 0.464 e. The highest BCUT2D eigenvalue weighted by Crippen LogP contribution is 2.10. The van der Waals surface area contributed by atoms with Gasteiger partial charge in [-0.15, -0.1) is 5.10 Å². The van der Waals surface area contributed by atoms with Gasteiger partial charge in [0, 0.05) is 6.54 Å². The van der Waals surface area contributed by atoms with Gasteiger partial charge in [0.05, 0.1) is 26.5 Å². The number of hydrogen-bond acceptors (Lipinski definition) is 8. The molecule has 0 aliphatic carbocycles. The molecule has 0 saturated carbocycles. The topological polar surface area (TPSA) is 123 Å². The fourth-order valence-electron chi connectivity index (χ4n) is 2.80. The molecule has 3 aromatic rings. The molecule has 0 radical (unpaired) electrons. The van der Waals surface area contributed by atoms with Crippen molar-refractivity contribution in [3.05, 3.63) is 57.5 Å². The van der Waals surface area contributed by atoms with Gasteiger partial charge in [-0.2, -0.15) is 9.78 Å². The standard InChI is InChI=1S/C18H20N6O5/c1-11-5-7-13(8-6-11)24-18(27)22(12(2)20-24)9-10-23-15(17(26)29-4)14(19-21-23)16(25)28-3/h5-8H,9-10H2,1-4H3. The Morgan fingerprint density at radius 3 is 2.28 bits per heavy atom. The van der Waals surface area contributed by atoms with Gasteiger partial charge in [0.1, 0.15) is 5.82 Å². The van der Waals surface area contributed by atoms with Crippen LogP contribution in [-0.4, -0.2) is 55.5 Å². The first-order valence-corrected chi connectivity index (χ1v) is 8.71. The van der Waals surface area contributed by atoms with Crippen molar-refractivity contribution in [2.75, 3.05) is 14.2 Å². The Labute approximate surface area is 165 Å². The molecule has 0 unspecified atom stereocenters. The third kappa shape index (κ3) is 3.79. The molecule has 0 atom stereocenters. The van der Waals surface area contributed by atoms with E-state index >= 15 is 0 Å². The number of hydrogen-bond donors (Lipinski definition) is 0. The summed E-state index contributed by atoms with van der Waals surface area (Å²) in [5.41, 5.74) is 0.987. The summed E-state index contributed by atoms with van der Waals surface area (Å²) in [5, 5.41) is 11.8. The second-order valence-electron chi connectivity index (χ2n) is 6.22. The number of aromatic nitrogens is 6. The average Bonchev–Trinajstić information content (AvgIpc) is 3.27. The molecular weight excluding hydrogens is 380 g/mol. The zero-order chi connectivity index (χ0) is 21.1. The normalized spacial score (nSPS) is 10.8. The molecular formula is C18H20N6O5.